The van der Waals surface area contributed by atoms with Crippen molar-refractivity contribution in [2.24, 2.45) is 0 Å². The lowest BCUT2D eigenvalue weighted by molar-refractivity contribution is -0.137. The number of hydrogen-bond acceptors (Lipinski definition) is 3. The third-order valence-electron chi connectivity index (χ3n) is 1.89. The smallest absolute Gasteiger partial charge is 0.417 e. The molecule has 0 unspecified atom stereocenters. The Morgan fingerprint density at radius 2 is 1.88 bits per heavy atom. The van der Waals surface area contributed by atoms with Crippen LogP contribution in [0.25, 0.3) is 0 Å². The van der Waals surface area contributed by atoms with Gasteiger partial charge in [-0.25, -0.2) is 0 Å². The summed E-state index contributed by atoms with van der Waals surface area (Å²) < 4.78 is 37.5. The molecular formula is C10H5F3N2O. The Balaban J connectivity index is 3.51. The van der Waals surface area contributed by atoms with Crippen LogP contribution in [0.5, 0.6) is 5.75 Å². The fourth-order valence-electron chi connectivity index (χ4n) is 1.27. The molecule has 0 saturated carbocycles. The minimum absolute atomic E-state index is 0.127. The Morgan fingerprint density at radius 1 is 1.25 bits per heavy atom. The number of benzene rings is 1. The fourth-order valence-corrected chi connectivity index (χ4v) is 1.27. The molecule has 16 heavy (non-hydrogen) atoms. The summed E-state index contributed by atoms with van der Waals surface area (Å²) >= 11 is 0. The van der Waals surface area contributed by atoms with Gasteiger partial charge in [-0.3, -0.25) is 0 Å². The van der Waals surface area contributed by atoms with Crippen molar-refractivity contribution >= 4 is 0 Å². The third-order valence-corrected chi connectivity index (χ3v) is 1.89. The van der Waals surface area contributed by atoms with E-state index in [1.54, 1.807) is 6.07 Å². The molecule has 82 valence electrons. The topological polar surface area (TPSA) is 67.8 Å². The first kappa shape index (κ1) is 11.9. The molecule has 3 nitrogen and oxygen atoms in total. The summed E-state index contributed by atoms with van der Waals surface area (Å²) in [5.41, 5.74) is -1.97. The van der Waals surface area contributed by atoms with Gasteiger partial charge in [-0.15, -0.1) is 0 Å². The molecule has 0 spiro atoms. The lowest BCUT2D eigenvalue weighted by atomic mass is 9.99. The van der Waals surface area contributed by atoms with Crippen LogP contribution in [0.3, 0.4) is 0 Å². The van der Waals surface area contributed by atoms with Gasteiger partial charge in [0, 0.05) is 0 Å². The molecule has 0 radical (unpaired) electrons. The lowest BCUT2D eigenvalue weighted by Gasteiger charge is -2.11. The van der Waals surface area contributed by atoms with Gasteiger partial charge in [0.05, 0.1) is 23.6 Å². The Kier molecular flexibility index (Phi) is 3.05. The Bertz CT molecular complexity index is 495. The zero-order valence-electron chi connectivity index (χ0n) is 7.84. The Hall–Kier alpha value is -2.21. The molecular weight excluding hydrogens is 221 g/mol. The molecule has 0 bridgehead atoms. The zero-order valence-corrected chi connectivity index (χ0v) is 7.84. The van der Waals surface area contributed by atoms with E-state index in [0.29, 0.717) is 6.07 Å². The van der Waals surface area contributed by atoms with E-state index in [9.17, 15) is 13.2 Å². The lowest BCUT2D eigenvalue weighted by Crippen LogP contribution is -2.09. The van der Waals surface area contributed by atoms with E-state index in [2.05, 4.69) is 0 Å². The van der Waals surface area contributed by atoms with Crippen LogP contribution in [0, 0.1) is 22.7 Å². The van der Waals surface area contributed by atoms with E-state index in [1.807, 2.05) is 0 Å². The van der Waals surface area contributed by atoms with E-state index in [0.717, 1.165) is 6.07 Å². The van der Waals surface area contributed by atoms with Crippen LogP contribution in [0.2, 0.25) is 0 Å². The number of halogens is 3. The van der Waals surface area contributed by atoms with Gasteiger partial charge in [0.1, 0.15) is 11.8 Å². The molecule has 0 aliphatic carbocycles. The van der Waals surface area contributed by atoms with E-state index in [-0.39, 0.29) is 12.0 Å². The Labute approximate surface area is 89.0 Å². The summed E-state index contributed by atoms with van der Waals surface area (Å²) in [6, 6.07) is 4.49. The van der Waals surface area contributed by atoms with Crippen LogP contribution in [-0.4, -0.2) is 5.11 Å². The molecule has 0 aliphatic rings. The van der Waals surface area contributed by atoms with Gasteiger partial charge in [0.2, 0.25) is 0 Å². The molecule has 1 rings (SSSR count). The number of rotatable bonds is 1. The SMILES string of the molecule is N#CCc1cc(O)cc(C(F)(F)F)c1C#N. The van der Waals surface area contributed by atoms with Crippen molar-refractivity contribution in [2.45, 2.75) is 12.6 Å². The number of phenolic OH excluding ortho intramolecular Hbond substituents is 1. The molecule has 0 aromatic heterocycles. The molecule has 0 heterocycles. The minimum atomic E-state index is -4.73. The number of hydrogen-bond donors (Lipinski definition) is 1. The monoisotopic (exact) mass is 226 g/mol. The molecule has 1 aromatic rings. The van der Waals surface area contributed by atoms with Gasteiger partial charge in [-0.05, 0) is 17.7 Å². The largest absolute Gasteiger partial charge is 0.508 e. The second-order valence-corrected chi connectivity index (χ2v) is 2.97. The van der Waals surface area contributed by atoms with E-state index >= 15 is 0 Å². The first-order valence-corrected chi connectivity index (χ1v) is 4.10. The summed E-state index contributed by atoms with van der Waals surface area (Å²) in [5.74, 6) is -0.614. The maximum atomic E-state index is 12.5. The first-order chi connectivity index (χ1) is 7.40. The summed E-state index contributed by atoms with van der Waals surface area (Å²) in [6.07, 6.45) is -5.09. The highest BCUT2D eigenvalue weighted by atomic mass is 19.4. The highest BCUT2D eigenvalue weighted by molar-refractivity contribution is 5.50. The second kappa shape index (κ2) is 4.11. The average Bonchev–Trinajstić information content (AvgIpc) is 2.16. The van der Waals surface area contributed by atoms with E-state index < -0.39 is 23.1 Å². The summed E-state index contributed by atoms with van der Waals surface area (Å²) in [4.78, 5) is 0. The van der Waals surface area contributed by atoms with Crippen molar-refractivity contribution < 1.29 is 18.3 Å². The second-order valence-electron chi connectivity index (χ2n) is 2.97. The molecule has 1 N–H and O–H groups in total. The van der Waals surface area contributed by atoms with Crippen LogP contribution in [-0.2, 0) is 12.6 Å². The molecule has 1 aromatic carbocycles. The van der Waals surface area contributed by atoms with Gasteiger partial charge >= 0.3 is 6.18 Å². The van der Waals surface area contributed by atoms with Crippen LogP contribution in [0.4, 0.5) is 13.2 Å². The van der Waals surface area contributed by atoms with Crippen LogP contribution in [0.1, 0.15) is 16.7 Å². The van der Waals surface area contributed by atoms with E-state index in [1.165, 1.54) is 6.07 Å². The number of nitriles is 2. The predicted octanol–water partition coefficient (Wildman–Crippen LogP) is 2.35. The predicted molar refractivity (Wildman–Crippen MR) is 47.1 cm³/mol. The van der Waals surface area contributed by atoms with Gasteiger partial charge in [0.15, 0.2) is 0 Å². The number of alkyl halides is 3. The highest BCUT2D eigenvalue weighted by Crippen LogP contribution is 2.35. The standard InChI is InChI=1S/C10H5F3N2O/c11-10(12,13)9-4-7(16)3-6(1-2-14)8(9)5-15/h3-4,16H,1H2. The van der Waals surface area contributed by atoms with Crippen molar-refractivity contribution in [3.63, 3.8) is 0 Å². The molecule has 6 heteroatoms. The Morgan fingerprint density at radius 3 is 2.31 bits per heavy atom. The third kappa shape index (κ3) is 2.23. The maximum Gasteiger partial charge on any atom is 0.417 e. The summed E-state index contributed by atoms with van der Waals surface area (Å²) in [5, 5.41) is 26.1. The first-order valence-electron chi connectivity index (χ1n) is 4.10. The van der Waals surface area contributed by atoms with Crippen molar-refractivity contribution in [2.75, 3.05) is 0 Å². The van der Waals surface area contributed by atoms with Crippen molar-refractivity contribution in [1.29, 1.82) is 10.5 Å². The maximum absolute atomic E-state index is 12.5. The van der Waals surface area contributed by atoms with Gasteiger partial charge in [-0.2, -0.15) is 23.7 Å². The molecule has 0 aliphatic heterocycles. The van der Waals surface area contributed by atoms with Crippen LogP contribution < -0.4 is 0 Å². The number of nitrogens with zero attached hydrogens (tertiary/aromatic N) is 2. The molecule has 0 atom stereocenters. The van der Waals surface area contributed by atoms with Crippen molar-refractivity contribution in [1.82, 2.24) is 0 Å². The number of phenols is 1. The van der Waals surface area contributed by atoms with Crippen molar-refractivity contribution in [3.05, 3.63) is 28.8 Å². The quantitative estimate of drug-likeness (QED) is 0.799. The van der Waals surface area contributed by atoms with Crippen LogP contribution in [0.15, 0.2) is 12.1 Å². The van der Waals surface area contributed by atoms with Gasteiger partial charge < -0.3 is 5.11 Å². The summed E-state index contributed by atoms with van der Waals surface area (Å²) in [7, 11) is 0. The van der Waals surface area contributed by atoms with E-state index in [4.69, 9.17) is 15.6 Å². The van der Waals surface area contributed by atoms with Crippen molar-refractivity contribution in [3.8, 4) is 17.9 Å². The minimum Gasteiger partial charge on any atom is -0.508 e. The van der Waals surface area contributed by atoms with Gasteiger partial charge in [-0.1, -0.05) is 0 Å². The highest BCUT2D eigenvalue weighted by Gasteiger charge is 2.35. The molecule has 0 fully saturated rings. The average molecular weight is 226 g/mol. The summed E-state index contributed by atoms with van der Waals surface area (Å²) in [6.45, 7) is 0. The number of aromatic hydroxyl groups is 1. The zero-order chi connectivity index (χ0) is 12.3. The normalized spacial score (nSPS) is 10.6. The molecule has 0 saturated heterocycles. The van der Waals surface area contributed by atoms with Crippen LogP contribution >= 0.6 is 0 Å². The molecule has 0 amide bonds. The fraction of sp³-hybridized carbons (Fsp3) is 0.200. The van der Waals surface area contributed by atoms with Gasteiger partial charge in [0.25, 0.3) is 0 Å².